The molecule has 0 bridgehead atoms. The summed E-state index contributed by atoms with van der Waals surface area (Å²) in [5.41, 5.74) is 2.17. The van der Waals surface area contributed by atoms with E-state index >= 15 is 0 Å². The first-order valence-corrected chi connectivity index (χ1v) is 5.76. The zero-order valence-electron chi connectivity index (χ0n) is 9.86. The standard InChI is InChI=1S/C13H18N2O/c1-10-5-7-11(8-6-10)15(2)13(16)12-4-3-9-14-12/h5-8,12,14H,3-4,9H2,1-2H3/t12-/m0/s1. The fraction of sp³-hybridized carbons (Fsp3) is 0.462. The van der Waals surface area contributed by atoms with Gasteiger partial charge in [0.25, 0.3) is 0 Å². The van der Waals surface area contributed by atoms with Gasteiger partial charge in [0, 0.05) is 12.7 Å². The molecule has 0 spiro atoms. The number of rotatable bonds is 2. The van der Waals surface area contributed by atoms with E-state index in [2.05, 4.69) is 5.32 Å². The lowest BCUT2D eigenvalue weighted by Crippen LogP contribution is -2.41. The molecule has 1 fully saturated rings. The largest absolute Gasteiger partial charge is 0.314 e. The minimum atomic E-state index is 0.00584. The molecule has 1 aromatic carbocycles. The number of nitrogens with zero attached hydrogens (tertiary/aromatic N) is 1. The number of aryl methyl sites for hydroxylation is 1. The summed E-state index contributed by atoms with van der Waals surface area (Å²) in [5.74, 6) is 0.168. The molecule has 3 nitrogen and oxygen atoms in total. The van der Waals surface area contributed by atoms with Gasteiger partial charge >= 0.3 is 0 Å². The molecule has 0 aromatic heterocycles. The molecule has 1 N–H and O–H groups in total. The number of anilines is 1. The molecule has 0 saturated carbocycles. The van der Waals surface area contributed by atoms with Crippen LogP contribution in [0.25, 0.3) is 0 Å². The van der Waals surface area contributed by atoms with Gasteiger partial charge in [-0.15, -0.1) is 0 Å². The van der Waals surface area contributed by atoms with Crippen LogP contribution in [-0.4, -0.2) is 25.5 Å². The Morgan fingerprint density at radius 3 is 2.62 bits per heavy atom. The Kier molecular flexibility index (Phi) is 3.25. The zero-order chi connectivity index (χ0) is 11.5. The molecule has 16 heavy (non-hydrogen) atoms. The van der Waals surface area contributed by atoms with Crippen LogP contribution in [0.3, 0.4) is 0 Å². The molecular formula is C13H18N2O. The van der Waals surface area contributed by atoms with Crippen molar-refractivity contribution in [3.63, 3.8) is 0 Å². The highest BCUT2D eigenvalue weighted by Gasteiger charge is 2.25. The van der Waals surface area contributed by atoms with Gasteiger partial charge in [-0.1, -0.05) is 17.7 Å². The van der Waals surface area contributed by atoms with Crippen LogP contribution in [0.2, 0.25) is 0 Å². The normalized spacial score (nSPS) is 19.8. The molecule has 1 atom stereocenters. The van der Waals surface area contributed by atoms with E-state index in [4.69, 9.17) is 0 Å². The van der Waals surface area contributed by atoms with Crippen molar-refractivity contribution < 1.29 is 4.79 Å². The lowest BCUT2D eigenvalue weighted by molar-refractivity contribution is -0.119. The van der Waals surface area contributed by atoms with Gasteiger partial charge in [0.2, 0.25) is 5.91 Å². The predicted octanol–water partition coefficient (Wildman–Crippen LogP) is 1.71. The predicted molar refractivity (Wildman–Crippen MR) is 65.6 cm³/mol. The topological polar surface area (TPSA) is 32.3 Å². The van der Waals surface area contributed by atoms with Gasteiger partial charge in [0.15, 0.2) is 0 Å². The summed E-state index contributed by atoms with van der Waals surface area (Å²) in [4.78, 5) is 13.8. The van der Waals surface area contributed by atoms with Crippen molar-refractivity contribution in [2.24, 2.45) is 0 Å². The van der Waals surface area contributed by atoms with Crippen molar-refractivity contribution in [2.45, 2.75) is 25.8 Å². The number of hydrogen-bond acceptors (Lipinski definition) is 2. The lowest BCUT2D eigenvalue weighted by atomic mass is 10.1. The van der Waals surface area contributed by atoms with Crippen molar-refractivity contribution in [1.82, 2.24) is 5.32 Å². The Morgan fingerprint density at radius 1 is 1.38 bits per heavy atom. The van der Waals surface area contributed by atoms with Crippen molar-refractivity contribution in [2.75, 3.05) is 18.5 Å². The van der Waals surface area contributed by atoms with E-state index in [9.17, 15) is 4.79 Å². The van der Waals surface area contributed by atoms with E-state index in [1.807, 2.05) is 38.2 Å². The van der Waals surface area contributed by atoms with E-state index in [0.717, 1.165) is 25.1 Å². The summed E-state index contributed by atoms with van der Waals surface area (Å²) >= 11 is 0. The van der Waals surface area contributed by atoms with Gasteiger partial charge in [0.1, 0.15) is 0 Å². The fourth-order valence-corrected chi connectivity index (χ4v) is 2.02. The molecular weight excluding hydrogens is 200 g/mol. The van der Waals surface area contributed by atoms with Gasteiger partial charge in [-0.05, 0) is 38.4 Å². The van der Waals surface area contributed by atoms with Crippen LogP contribution in [0.4, 0.5) is 5.69 Å². The van der Waals surface area contributed by atoms with Crippen molar-refractivity contribution in [3.8, 4) is 0 Å². The number of benzene rings is 1. The van der Waals surface area contributed by atoms with Gasteiger partial charge in [-0.3, -0.25) is 4.79 Å². The highest BCUT2D eigenvalue weighted by atomic mass is 16.2. The Hall–Kier alpha value is -1.35. The summed E-state index contributed by atoms with van der Waals surface area (Å²) in [6.07, 6.45) is 2.05. The van der Waals surface area contributed by atoms with E-state index in [1.54, 1.807) is 4.90 Å². The van der Waals surface area contributed by atoms with E-state index in [0.29, 0.717) is 0 Å². The second-order valence-corrected chi connectivity index (χ2v) is 4.38. The molecule has 1 aromatic rings. The van der Waals surface area contributed by atoms with Crippen LogP contribution >= 0.6 is 0 Å². The number of nitrogens with one attached hydrogen (secondary N) is 1. The minimum Gasteiger partial charge on any atom is -0.314 e. The van der Waals surface area contributed by atoms with Crippen molar-refractivity contribution >= 4 is 11.6 Å². The summed E-state index contributed by atoms with van der Waals surface area (Å²) < 4.78 is 0. The van der Waals surface area contributed by atoms with E-state index < -0.39 is 0 Å². The third-order valence-electron chi connectivity index (χ3n) is 3.11. The second kappa shape index (κ2) is 4.66. The summed E-state index contributed by atoms with van der Waals surface area (Å²) in [7, 11) is 1.84. The average Bonchev–Trinajstić information content (AvgIpc) is 2.81. The molecule has 1 amide bonds. The first kappa shape index (κ1) is 11.1. The summed E-state index contributed by atoms with van der Waals surface area (Å²) in [6.45, 7) is 3.00. The van der Waals surface area contributed by atoms with Crippen molar-refractivity contribution in [1.29, 1.82) is 0 Å². The van der Waals surface area contributed by atoms with Crippen LogP contribution in [-0.2, 0) is 4.79 Å². The molecule has 0 unspecified atom stereocenters. The maximum atomic E-state index is 12.1. The maximum absolute atomic E-state index is 12.1. The Morgan fingerprint density at radius 2 is 2.06 bits per heavy atom. The van der Waals surface area contributed by atoms with Gasteiger partial charge < -0.3 is 10.2 Å². The monoisotopic (exact) mass is 218 g/mol. The second-order valence-electron chi connectivity index (χ2n) is 4.38. The lowest BCUT2D eigenvalue weighted by Gasteiger charge is -2.21. The highest BCUT2D eigenvalue weighted by molar-refractivity contribution is 5.96. The molecule has 0 aliphatic carbocycles. The van der Waals surface area contributed by atoms with Crippen LogP contribution in [0, 0.1) is 6.92 Å². The van der Waals surface area contributed by atoms with Crippen LogP contribution in [0.5, 0.6) is 0 Å². The fourth-order valence-electron chi connectivity index (χ4n) is 2.02. The van der Waals surface area contributed by atoms with Crippen LogP contribution in [0.1, 0.15) is 18.4 Å². The molecule has 1 aliphatic rings. The van der Waals surface area contributed by atoms with Crippen LogP contribution in [0.15, 0.2) is 24.3 Å². The zero-order valence-corrected chi connectivity index (χ0v) is 9.86. The summed E-state index contributed by atoms with van der Waals surface area (Å²) in [5, 5.41) is 3.23. The highest BCUT2D eigenvalue weighted by Crippen LogP contribution is 2.16. The number of hydrogen-bond donors (Lipinski definition) is 1. The molecule has 3 heteroatoms. The summed E-state index contributed by atoms with van der Waals surface area (Å²) in [6, 6.07) is 8.04. The number of carbonyl (C=O) groups is 1. The number of likely N-dealkylation sites (N-methyl/N-ethyl adjacent to an activating group) is 1. The smallest absolute Gasteiger partial charge is 0.243 e. The Labute approximate surface area is 96.5 Å². The number of amides is 1. The Bertz CT molecular complexity index is 366. The molecule has 1 saturated heterocycles. The van der Waals surface area contributed by atoms with Gasteiger partial charge in [0.05, 0.1) is 6.04 Å². The SMILES string of the molecule is Cc1ccc(N(C)C(=O)[C@@H]2CCCN2)cc1. The first-order valence-electron chi connectivity index (χ1n) is 5.76. The van der Waals surface area contributed by atoms with Crippen LogP contribution < -0.4 is 10.2 Å². The first-order chi connectivity index (χ1) is 7.68. The van der Waals surface area contributed by atoms with E-state index in [-0.39, 0.29) is 11.9 Å². The molecule has 0 radical (unpaired) electrons. The average molecular weight is 218 g/mol. The molecule has 1 aliphatic heterocycles. The van der Waals surface area contributed by atoms with Crippen molar-refractivity contribution in [3.05, 3.63) is 29.8 Å². The molecule has 1 heterocycles. The third kappa shape index (κ3) is 2.25. The number of carbonyl (C=O) groups excluding carboxylic acids is 1. The van der Waals surface area contributed by atoms with Gasteiger partial charge in [-0.2, -0.15) is 0 Å². The minimum absolute atomic E-state index is 0.00584. The van der Waals surface area contributed by atoms with Gasteiger partial charge in [-0.25, -0.2) is 0 Å². The quantitative estimate of drug-likeness (QED) is 0.819. The third-order valence-corrected chi connectivity index (χ3v) is 3.11. The molecule has 2 rings (SSSR count). The van der Waals surface area contributed by atoms with E-state index in [1.165, 1.54) is 5.56 Å². The maximum Gasteiger partial charge on any atom is 0.243 e. The Balaban J connectivity index is 2.08. The molecule has 86 valence electrons.